The van der Waals surface area contributed by atoms with E-state index < -0.39 is 0 Å². The van der Waals surface area contributed by atoms with Crippen LogP contribution in [0, 0.1) is 11.6 Å². The average molecular weight is 301 g/mol. The first kappa shape index (κ1) is 14.3. The van der Waals surface area contributed by atoms with E-state index in [2.05, 4.69) is 10.3 Å². The van der Waals surface area contributed by atoms with Crippen LogP contribution in [0.25, 0.3) is 5.69 Å². The van der Waals surface area contributed by atoms with Gasteiger partial charge < -0.3 is 5.11 Å². The molecule has 1 N–H and O–H groups in total. The third kappa shape index (κ3) is 2.87. The molecule has 0 saturated heterocycles. The largest absolute Gasteiger partial charge is 0.390 e. The van der Waals surface area contributed by atoms with E-state index >= 15 is 0 Å². The predicted molar refractivity (Wildman–Crippen MR) is 76.4 cm³/mol. The molecule has 0 amide bonds. The molecule has 0 spiro atoms. The Bertz CT molecular complexity index is 767. The Labute approximate surface area is 125 Å². The van der Waals surface area contributed by atoms with Crippen molar-refractivity contribution in [3.63, 3.8) is 0 Å². The molecule has 0 aliphatic carbocycles. The Morgan fingerprint density at radius 1 is 0.909 bits per heavy atom. The van der Waals surface area contributed by atoms with Crippen molar-refractivity contribution in [1.29, 1.82) is 0 Å². The van der Waals surface area contributed by atoms with Crippen LogP contribution in [0.5, 0.6) is 0 Å². The van der Waals surface area contributed by atoms with E-state index in [-0.39, 0.29) is 18.2 Å². The Balaban J connectivity index is 2.00. The molecule has 0 radical (unpaired) electrons. The second kappa shape index (κ2) is 6.03. The summed E-state index contributed by atoms with van der Waals surface area (Å²) in [5, 5.41) is 17.4. The van der Waals surface area contributed by atoms with Crippen molar-refractivity contribution in [3.8, 4) is 5.69 Å². The fraction of sp³-hybridized carbons (Fsp3) is 0.125. The summed E-state index contributed by atoms with van der Waals surface area (Å²) in [7, 11) is 0. The van der Waals surface area contributed by atoms with Gasteiger partial charge in [0.15, 0.2) is 0 Å². The molecule has 0 unspecified atom stereocenters. The van der Waals surface area contributed by atoms with Crippen molar-refractivity contribution in [2.45, 2.75) is 13.0 Å². The second-order valence-electron chi connectivity index (χ2n) is 4.83. The Morgan fingerprint density at radius 2 is 1.50 bits per heavy atom. The van der Waals surface area contributed by atoms with Crippen LogP contribution in [0.15, 0.2) is 48.5 Å². The van der Waals surface area contributed by atoms with Crippen LogP contribution < -0.4 is 0 Å². The van der Waals surface area contributed by atoms with Gasteiger partial charge in [-0.15, -0.1) is 5.10 Å². The zero-order chi connectivity index (χ0) is 15.5. The molecule has 22 heavy (non-hydrogen) atoms. The molecule has 1 heterocycles. The molecule has 2 aromatic carbocycles. The van der Waals surface area contributed by atoms with Crippen molar-refractivity contribution in [2.75, 3.05) is 0 Å². The quantitative estimate of drug-likeness (QED) is 0.806. The molecule has 3 rings (SSSR count). The number of aliphatic hydroxyl groups is 1. The Hall–Kier alpha value is -2.60. The molecule has 0 atom stereocenters. The lowest BCUT2D eigenvalue weighted by Gasteiger charge is -2.08. The van der Waals surface area contributed by atoms with Gasteiger partial charge in [-0.1, -0.05) is 17.3 Å². The molecule has 1 aromatic heterocycles. The van der Waals surface area contributed by atoms with Gasteiger partial charge in [0.1, 0.15) is 17.3 Å². The highest BCUT2D eigenvalue weighted by Gasteiger charge is 2.14. The Morgan fingerprint density at radius 3 is 2.09 bits per heavy atom. The molecule has 0 aliphatic rings. The van der Waals surface area contributed by atoms with Gasteiger partial charge in [0.2, 0.25) is 0 Å². The van der Waals surface area contributed by atoms with Crippen LogP contribution in [0.2, 0.25) is 0 Å². The van der Waals surface area contributed by atoms with E-state index in [1.165, 1.54) is 24.3 Å². The summed E-state index contributed by atoms with van der Waals surface area (Å²) < 4.78 is 27.6. The highest BCUT2D eigenvalue weighted by Crippen LogP contribution is 2.18. The molecule has 3 aromatic rings. The summed E-state index contributed by atoms with van der Waals surface area (Å²) in [5.74, 6) is -0.650. The number of benzene rings is 2. The molecule has 6 heteroatoms. The minimum atomic E-state index is -0.341. The van der Waals surface area contributed by atoms with Gasteiger partial charge in [-0.05, 0) is 42.0 Å². The minimum absolute atomic E-state index is 0.252. The molecule has 0 bridgehead atoms. The van der Waals surface area contributed by atoms with Crippen molar-refractivity contribution in [3.05, 3.63) is 77.1 Å². The zero-order valence-electron chi connectivity index (χ0n) is 11.6. The first-order valence-corrected chi connectivity index (χ1v) is 6.72. The average Bonchev–Trinajstić information content (AvgIpc) is 2.93. The number of halogens is 2. The van der Waals surface area contributed by atoms with Crippen molar-refractivity contribution < 1.29 is 13.9 Å². The summed E-state index contributed by atoms with van der Waals surface area (Å²) in [6.07, 6.45) is 0.431. The van der Waals surface area contributed by atoms with Crippen LogP contribution >= 0.6 is 0 Å². The van der Waals surface area contributed by atoms with Crippen LogP contribution in [-0.4, -0.2) is 20.1 Å². The van der Waals surface area contributed by atoms with Gasteiger partial charge in [0.25, 0.3) is 0 Å². The molecule has 0 saturated carbocycles. The first-order chi connectivity index (χ1) is 10.7. The highest BCUT2D eigenvalue weighted by atomic mass is 19.1. The number of hydrogen-bond donors (Lipinski definition) is 1. The number of rotatable bonds is 4. The third-order valence-electron chi connectivity index (χ3n) is 3.35. The lowest BCUT2D eigenvalue weighted by atomic mass is 10.1. The van der Waals surface area contributed by atoms with Gasteiger partial charge in [-0.3, -0.25) is 0 Å². The minimum Gasteiger partial charge on any atom is -0.390 e. The normalized spacial score (nSPS) is 10.9. The standard InChI is InChI=1S/C16H13F2N3O/c17-12-3-1-11(2-4-12)9-16-15(10-22)19-20-21(16)14-7-5-13(18)6-8-14/h1-8,22H,9-10H2. The third-order valence-corrected chi connectivity index (χ3v) is 3.35. The van der Waals surface area contributed by atoms with Crippen molar-refractivity contribution in [2.24, 2.45) is 0 Å². The van der Waals surface area contributed by atoms with E-state index in [0.717, 1.165) is 5.56 Å². The number of aliphatic hydroxyl groups excluding tert-OH is 1. The number of nitrogens with zero attached hydrogens (tertiary/aromatic N) is 3. The lowest BCUT2D eigenvalue weighted by molar-refractivity contribution is 0.275. The SMILES string of the molecule is OCc1nnn(-c2ccc(F)cc2)c1Cc1ccc(F)cc1. The number of hydrogen-bond acceptors (Lipinski definition) is 3. The fourth-order valence-electron chi connectivity index (χ4n) is 2.22. The summed E-state index contributed by atoms with van der Waals surface area (Å²) in [5.41, 5.74) is 2.63. The molecule has 0 fully saturated rings. The van der Waals surface area contributed by atoms with E-state index in [9.17, 15) is 13.9 Å². The summed E-state index contributed by atoms with van der Waals surface area (Å²) in [6, 6.07) is 11.9. The zero-order valence-corrected chi connectivity index (χ0v) is 11.6. The number of aromatic nitrogens is 3. The summed E-state index contributed by atoms with van der Waals surface area (Å²) in [4.78, 5) is 0. The first-order valence-electron chi connectivity index (χ1n) is 6.72. The summed E-state index contributed by atoms with van der Waals surface area (Å²) in [6.45, 7) is -0.252. The second-order valence-corrected chi connectivity index (χ2v) is 4.83. The predicted octanol–water partition coefficient (Wildman–Crippen LogP) is 2.63. The van der Waals surface area contributed by atoms with Crippen LogP contribution in [-0.2, 0) is 13.0 Å². The van der Waals surface area contributed by atoms with E-state index in [4.69, 9.17) is 0 Å². The summed E-state index contributed by atoms with van der Waals surface area (Å²) >= 11 is 0. The highest BCUT2D eigenvalue weighted by molar-refractivity contribution is 5.35. The van der Waals surface area contributed by atoms with Crippen LogP contribution in [0.1, 0.15) is 17.0 Å². The maximum atomic E-state index is 13.0. The van der Waals surface area contributed by atoms with E-state index in [0.29, 0.717) is 23.5 Å². The van der Waals surface area contributed by atoms with Crippen LogP contribution in [0.3, 0.4) is 0 Å². The maximum Gasteiger partial charge on any atom is 0.123 e. The topological polar surface area (TPSA) is 50.9 Å². The van der Waals surface area contributed by atoms with Gasteiger partial charge in [0.05, 0.1) is 18.0 Å². The molecule has 4 nitrogen and oxygen atoms in total. The van der Waals surface area contributed by atoms with Gasteiger partial charge in [-0.2, -0.15) is 0 Å². The smallest absolute Gasteiger partial charge is 0.123 e. The van der Waals surface area contributed by atoms with Crippen molar-refractivity contribution in [1.82, 2.24) is 15.0 Å². The molecular formula is C16H13F2N3O. The Kier molecular flexibility index (Phi) is 3.93. The fourth-order valence-corrected chi connectivity index (χ4v) is 2.22. The van der Waals surface area contributed by atoms with Gasteiger partial charge >= 0.3 is 0 Å². The molecular weight excluding hydrogens is 288 g/mol. The molecule has 0 aliphatic heterocycles. The monoisotopic (exact) mass is 301 g/mol. The van der Waals surface area contributed by atoms with E-state index in [1.54, 1.807) is 28.9 Å². The lowest BCUT2D eigenvalue weighted by Crippen LogP contribution is -2.05. The van der Waals surface area contributed by atoms with Crippen molar-refractivity contribution >= 4 is 0 Å². The van der Waals surface area contributed by atoms with E-state index in [1.807, 2.05) is 0 Å². The van der Waals surface area contributed by atoms with Gasteiger partial charge in [0, 0.05) is 6.42 Å². The van der Waals surface area contributed by atoms with Crippen LogP contribution in [0.4, 0.5) is 8.78 Å². The maximum absolute atomic E-state index is 13.0. The van der Waals surface area contributed by atoms with Gasteiger partial charge in [-0.25, -0.2) is 13.5 Å². The molecule has 112 valence electrons.